The van der Waals surface area contributed by atoms with Crippen molar-refractivity contribution in [2.24, 2.45) is 0 Å². The zero-order valence-corrected chi connectivity index (χ0v) is 12.6. The van der Waals surface area contributed by atoms with Crippen LogP contribution in [0.2, 0.25) is 0 Å². The molecule has 2 amide bonds. The van der Waals surface area contributed by atoms with E-state index in [-0.39, 0.29) is 30.8 Å². The van der Waals surface area contributed by atoms with Gasteiger partial charge in [0.05, 0.1) is 5.69 Å². The second-order valence-corrected chi connectivity index (χ2v) is 5.26. The van der Waals surface area contributed by atoms with E-state index in [4.69, 9.17) is 5.41 Å². The highest BCUT2D eigenvalue weighted by Crippen LogP contribution is 2.41. The maximum absolute atomic E-state index is 13.4. The smallest absolute Gasteiger partial charge is 0.319 e. The highest BCUT2D eigenvalue weighted by atomic mass is 19.4. The molecule has 0 fully saturated rings. The van der Waals surface area contributed by atoms with Gasteiger partial charge in [-0.1, -0.05) is 18.2 Å². The molecule has 9 heteroatoms. The van der Waals surface area contributed by atoms with E-state index in [9.17, 15) is 26.7 Å². The lowest BCUT2D eigenvalue weighted by Gasteiger charge is -2.37. The number of carbonyl (C=O) groups is 1. The molecule has 1 aromatic carbocycles. The molecule has 0 radical (unpaired) electrons. The molecule has 1 atom stereocenters. The van der Waals surface area contributed by atoms with Crippen molar-refractivity contribution in [2.45, 2.75) is 38.4 Å². The van der Waals surface area contributed by atoms with Crippen LogP contribution in [-0.4, -0.2) is 29.4 Å². The molecule has 0 spiro atoms. The van der Waals surface area contributed by atoms with Crippen molar-refractivity contribution in [2.75, 3.05) is 5.32 Å². The van der Waals surface area contributed by atoms with E-state index in [2.05, 4.69) is 5.32 Å². The van der Waals surface area contributed by atoms with Gasteiger partial charge in [-0.05, 0) is 19.9 Å². The van der Waals surface area contributed by atoms with Gasteiger partial charge >= 0.3 is 12.2 Å². The van der Waals surface area contributed by atoms with Crippen LogP contribution < -0.4 is 10.6 Å². The fourth-order valence-electron chi connectivity index (χ4n) is 1.73. The summed E-state index contributed by atoms with van der Waals surface area (Å²) in [6, 6.07) is 4.42. The molecule has 4 nitrogen and oxygen atoms in total. The largest absolute Gasteiger partial charge is 0.417 e. The first kappa shape index (κ1) is 18.9. The van der Waals surface area contributed by atoms with Gasteiger partial charge in [-0.3, -0.25) is 0 Å². The molecule has 128 valence electrons. The summed E-state index contributed by atoms with van der Waals surface area (Å²) in [5.74, 6) is -4.24. The minimum absolute atomic E-state index is 0.0430. The second-order valence-electron chi connectivity index (χ2n) is 5.26. The van der Waals surface area contributed by atoms with Gasteiger partial charge in [0.2, 0.25) is 0 Å². The quantitative estimate of drug-likeness (QED) is 0.560. The topological polar surface area (TPSA) is 65.0 Å². The third kappa shape index (κ3) is 3.96. The Morgan fingerprint density at radius 3 is 2.04 bits per heavy atom. The van der Waals surface area contributed by atoms with Gasteiger partial charge in [0.15, 0.2) is 5.54 Å². The summed E-state index contributed by atoms with van der Waals surface area (Å²) in [7, 11) is 0. The summed E-state index contributed by atoms with van der Waals surface area (Å²) < 4.78 is 65.6. The molecule has 3 N–H and O–H groups in total. The standard InChI is InChI=1S/C14H16F5N3O/c1-8(20)9-6-4-5-7-10(9)21-11(23)22-12(2,13(3,15)16)14(17,18)19/h4-7,20H,1-3H3,(H2,21,22,23). The summed E-state index contributed by atoms with van der Waals surface area (Å²) in [6.45, 7) is 1.70. The van der Waals surface area contributed by atoms with E-state index >= 15 is 0 Å². The molecule has 1 aromatic rings. The SMILES string of the molecule is CC(=N)c1ccccc1NC(=O)NC(C)(C(C)(F)F)C(F)(F)F. The number of rotatable bonds is 4. The van der Waals surface area contributed by atoms with Gasteiger partial charge in [-0.25, -0.2) is 13.6 Å². The molecule has 0 aliphatic rings. The number of anilines is 1. The Morgan fingerprint density at radius 2 is 1.61 bits per heavy atom. The summed E-state index contributed by atoms with van der Waals surface area (Å²) in [5.41, 5.74) is -3.37. The Morgan fingerprint density at radius 1 is 1.09 bits per heavy atom. The summed E-state index contributed by atoms with van der Waals surface area (Å²) in [5, 5.41) is 10.9. The maximum Gasteiger partial charge on any atom is 0.417 e. The number of benzene rings is 1. The van der Waals surface area contributed by atoms with Gasteiger partial charge in [0.1, 0.15) is 0 Å². The molecule has 1 rings (SSSR count). The summed E-state index contributed by atoms with van der Waals surface area (Å²) >= 11 is 0. The van der Waals surface area contributed by atoms with E-state index in [0.717, 1.165) is 0 Å². The lowest BCUT2D eigenvalue weighted by molar-refractivity contribution is -0.249. The Bertz CT molecular complexity index is 593. The molecule has 0 aliphatic carbocycles. The molecule has 1 unspecified atom stereocenters. The molecule has 0 saturated heterocycles. The van der Waals surface area contributed by atoms with Crippen molar-refractivity contribution >= 4 is 17.4 Å². The number of urea groups is 1. The fraction of sp³-hybridized carbons (Fsp3) is 0.429. The number of amides is 2. The van der Waals surface area contributed by atoms with E-state index in [1.807, 2.05) is 0 Å². The van der Waals surface area contributed by atoms with Crippen molar-refractivity contribution in [1.29, 1.82) is 5.41 Å². The third-order valence-electron chi connectivity index (χ3n) is 3.39. The van der Waals surface area contributed by atoms with Crippen LogP contribution in [0, 0.1) is 5.41 Å². The Hall–Kier alpha value is -2.19. The Labute approximate surface area is 129 Å². The van der Waals surface area contributed by atoms with Crippen LogP contribution in [-0.2, 0) is 0 Å². The lowest BCUT2D eigenvalue weighted by atomic mass is 9.94. The van der Waals surface area contributed by atoms with Crippen molar-refractivity contribution in [1.82, 2.24) is 5.32 Å². The fourth-order valence-corrected chi connectivity index (χ4v) is 1.73. The Balaban J connectivity index is 3.06. The van der Waals surface area contributed by atoms with Gasteiger partial charge in [0.25, 0.3) is 5.92 Å². The van der Waals surface area contributed by atoms with Crippen LogP contribution in [0.1, 0.15) is 26.3 Å². The molecular formula is C14H16F5N3O. The lowest BCUT2D eigenvalue weighted by Crippen LogP contribution is -2.66. The summed E-state index contributed by atoms with van der Waals surface area (Å²) in [6.07, 6.45) is -5.36. The van der Waals surface area contributed by atoms with Crippen LogP contribution in [0.3, 0.4) is 0 Å². The zero-order chi connectivity index (χ0) is 18.1. The van der Waals surface area contributed by atoms with Crippen molar-refractivity contribution in [3.8, 4) is 0 Å². The molecular weight excluding hydrogens is 321 g/mol. The Kier molecular flexibility index (Phi) is 5.03. The van der Waals surface area contributed by atoms with Crippen molar-refractivity contribution < 1.29 is 26.7 Å². The number of hydrogen-bond acceptors (Lipinski definition) is 2. The maximum atomic E-state index is 13.4. The predicted octanol–water partition coefficient (Wildman–Crippen LogP) is 4.17. The van der Waals surface area contributed by atoms with E-state index in [1.165, 1.54) is 30.4 Å². The molecule has 0 saturated carbocycles. The normalized spacial score (nSPS) is 14.8. The predicted molar refractivity (Wildman–Crippen MR) is 76.2 cm³/mol. The zero-order valence-electron chi connectivity index (χ0n) is 12.6. The number of nitrogens with one attached hydrogen (secondary N) is 3. The molecule has 0 heterocycles. The van der Waals surface area contributed by atoms with E-state index < -0.39 is 23.7 Å². The van der Waals surface area contributed by atoms with Crippen LogP contribution in [0.5, 0.6) is 0 Å². The number of halogens is 5. The first-order chi connectivity index (χ1) is 10.3. The number of alkyl halides is 5. The molecule has 23 heavy (non-hydrogen) atoms. The molecule has 0 bridgehead atoms. The highest BCUT2D eigenvalue weighted by molar-refractivity contribution is 6.04. The first-order valence-electron chi connectivity index (χ1n) is 6.48. The number of hydrogen-bond donors (Lipinski definition) is 3. The number of para-hydroxylation sites is 1. The minimum Gasteiger partial charge on any atom is -0.319 e. The van der Waals surface area contributed by atoms with Crippen LogP contribution in [0.25, 0.3) is 0 Å². The van der Waals surface area contributed by atoms with Gasteiger partial charge in [-0.2, -0.15) is 13.2 Å². The van der Waals surface area contributed by atoms with Gasteiger partial charge < -0.3 is 16.0 Å². The van der Waals surface area contributed by atoms with Crippen LogP contribution in [0.4, 0.5) is 32.4 Å². The van der Waals surface area contributed by atoms with Gasteiger partial charge in [-0.15, -0.1) is 0 Å². The third-order valence-corrected chi connectivity index (χ3v) is 3.39. The molecule has 0 aromatic heterocycles. The minimum atomic E-state index is -5.36. The monoisotopic (exact) mass is 337 g/mol. The van der Waals surface area contributed by atoms with Crippen LogP contribution in [0.15, 0.2) is 24.3 Å². The summed E-state index contributed by atoms with van der Waals surface area (Å²) in [4.78, 5) is 11.8. The first-order valence-corrected chi connectivity index (χ1v) is 6.48. The molecule has 0 aliphatic heterocycles. The van der Waals surface area contributed by atoms with E-state index in [0.29, 0.717) is 0 Å². The average molecular weight is 337 g/mol. The van der Waals surface area contributed by atoms with Crippen molar-refractivity contribution in [3.05, 3.63) is 29.8 Å². The van der Waals surface area contributed by atoms with Crippen LogP contribution >= 0.6 is 0 Å². The number of carbonyl (C=O) groups excluding carboxylic acids is 1. The second kappa shape index (κ2) is 6.13. The highest BCUT2D eigenvalue weighted by Gasteiger charge is 2.65. The average Bonchev–Trinajstić information content (AvgIpc) is 2.36. The van der Waals surface area contributed by atoms with E-state index in [1.54, 1.807) is 6.07 Å². The van der Waals surface area contributed by atoms with Gasteiger partial charge in [0, 0.05) is 18.2 Å². The van der Waals surface area contributed by atoms with Crippen molar-refractivity contribution in [3.63, 3.8) is 0 Å².